The first kappa shape index (κ1) is 14.6. The maximum Gasteiger partial charge on any atom is 0.310 e. The van der Waals surface area contributed by atoms with E-state index in [0.717, 1.165) is 16.5 Å². The number of fused-ring (bicyclic) bond motifs is 1. The van der Waals surface area contributed by atoms with E-state index >= 15 is 0 Å². The Hall–Kier alpha value is -1.45. The van der Waals surface area contributed by atoms with Crippen LogP contribution in [0, 0.1) is 0 Å². The molecule has 1 atom stereocenters. The summed E-state index contributed by atoms with van der Waals surface area (Å²) in [5, 5.41) is 1.10. The summed E-state index contributed by atoms with van der Waals surface area (Å²) < 4.78 is 16.0. The lowest BCUT2D eigenvalue weighted by molar-refractivity contribution is -0.133. The Labute approximate surface area is 107 Å². The Morgan fingerprint density at radius 2 is 2.17 bits per heavy atom. The van der Waals surface area contributed by atoms with Crippen molar-refractivity contribution in [3.8, 4) is 0 Å². The molecule has 0 radical (unpaired) electrons. The van der Waals surface area contributed by atoms with Crippen LogP contribution in [0.1, 0.15) is 12.0 Å². The van der Waals surface area contributed by atoms with Gasteiger partial charge in [0, 0.05) is 23.5 Å². The highest BCUT2D eigenvalue weighted by Crippen LogP contribution is 2.20. The van der Waals surface area contributed by atoms with Crippen molar-refractivity contribution < 1.29 is 13.5 Å². The number of H-pyrrole nitrogens is 1. The van der Waals surface area contributed by atoms with Gasteiger partial charge in [-0.3, -0.25) is 4.79 Å². The number of rotatable bonds is 4. The van der Waals surface area contributed by atoms with Crippen molar-refractivity contribution in [2.24, 2.45) is 5.73 Å². The fourth-order valence-corrected chi connectivity index (χ4v) is 1.86. The topological polar surface area (TPSA) is 68.1 Å². The Morgan fingerprint density at radius 1 is 1.44 bits per heavy atom. The van der Waals surface area contributed by atoms with Gasteiger partial charge in [-0.1, -0.05) is 18.2 Å². The van der Waals surface area contributed by atoms with E-state index in [-0.39, 0.29) is 6.42 Å². The second-order valence-electron chi connectivity index (χ2n) is 3.41. The maximum absolute atomic E-state index is 11.7. The van der Waals surface area contributed by atoms with E-state index in [1.54, 1.807) is 0 Å². The molecule has 18 heavy (non-hydrogen) atoms. The smallest absolute Gasteiger partial charge is 0.310 e. The molecule has 1 aromatic carbocycles. The fraction of sp³-hybridized carbons (Fsp3) is 0.250. The molecule has 3 N–H and O–H groups in total. The number of carbonyl (C=O) groups is 1. The van der Waals surface area contributed by atoms with E-state index in [2.05, 4.69) is 15.2 Å². The number of para-hydroxylation sites is 1. The number of aromatic nitrogens is 1. The fourth-order valence-electron chi connectivity index (χ4n) is 1.67. The average Bonchev–Trinajstić information content (AvgIpc) is 2.82. The van der Waals surface area contributed by atoms with Crippen molar-refractivity contribution >= 4 is 26.0 Å². The number of nitrogens with two attached hydrogens (primary N) is 1. The SMILES string of the molecule is CN.O=C(CCc1c[nH]c2ccccc12)OPF. The van der Waals surface area contributed by atoms with Crippen LogP contribution in [-0.4, -0.2) is 18.0 Å². The molecule has 0 saturated heterocycles. The molecule has 0 amide bonds. The van der Waals surface area contributed by atoms with E-state index in [4.69, 9.17) is 0 Å². The molecule has 0 saturated carbocycles. The summed E-state index contributed by atoms with van der Waals surface area (Å²) in [6.45, 7) is 0. The van der Waals surface area contributed by atoms with Gasteiger partial charge in [0.25, 0.3) is 9.12 Å². The van der Waals surface area contributed by atoms with Crippen molar-refractivity contribution in [2.75, 3.05) is 7.05 Å². The van der Waals surface area contributed by atoms with E-state index in [0.29, 0.717) is 6.42 Å². The monoisotopic (exact) mass is 270 g/mol. The quantitative estimate of drug-likeness (QED) is 0.839. The third-order valence-corrected chi connectivity index (χ3v) is 2.73. The van der Waals surface area contributed by atoms with Crippen LogP contribution in [0.25, 0.3) is 10.9 Å². The molecule has 0 spiro atoms. The average molecular weight is 270 g/mol. The summed E-state index contributed by atoms with van der Waals surface area (Å²) in [4.78, 5) is 14.1. The second-order valence-corrected chi connectivity index (χ2v) is 3.77. The molecule has 1 heterocycles. The lowest BCUT2D eigenvalue weighted by atomic mass is 10.1. The molecule has 1 aromatic heterocycles. The number of carbonyl (C=O) groups excluding carboxylic acids is 1. The second kappa shape index (κ2) is 7.80. The summed E-state index contributed by atoms with van der Waals surface area (Å²) in [6, 6.07) is 7.85. The molecule has 0 aliphatic rings. The number of hydrogen-bond donors (Lipinski definition) is 2. The molecule has 0 aliphatic carbocycles. The van der Waals surface area contributed by atoms with Crippen LogP contribution in [0.15, 0.2) is 30.5 Å². The van der Waals surface area contributed by atoms with Gasteiger partial charge in [0.2, 0.25) is 0 Å². The zero-order valence-corrected chi connectivity index (χ0v) is 11.1. The predicted molar refractivity (Wildman–Crippen MR) is 72.2 cm³/mol. The van der Waals surface area contributed by atoms with Crippen LogP contribution in [0.3, 0.4) is 0 Å². The molecule has 2 aromatic rings. The van der Waals surface area contributed by atoms with Crippen LogP contribution < -0.4 is 5.73 Å². The van der Waals surface area contributed by atoms with Gasteiger partial charge in [0.05, 0.1) is 0 Å². The highest BCUT2D eigenvalue weighted by atomic mass is 31.1. The van der Waals surface area contributed by atoms with Crippen LogP contribution in [-0.2, 0) is 15.7 Å². The zero-order valence-electron chi connectivity index (χ0n) is 10.1. The summed E-state index contributed by atoms with van der Waals surface area (Å²) >= 11 is 0. The zero-order chi connectivity index (χ0) is 13.4. The molecular weight excluding hydrogens is 254 g/mol. The lowest BCUT2D eigenvalue weighted by Crippen LogP contribution is -1.99. The Morgan fingerprint density at radius 3 is 2.89 bits per heavy atom. The van der Waals surface area contributed by atoms with E-state index in [1.807, 2.05) is 30.5 Å². The Bertz CT molecular complexity index is 502. The molecule has 6 heteroatoms. The standard InChI is InChI=1S/C11H11FNO2P.CH5N/c12-16-15-11(14)6-5-8-7-13-10-4-2-1-3-9(8)10;1-2/h1-4,7,13,16H,5-6H2;2H2,1H3. The molecular formula is C12H16FN2O2P. The molecule has 4 nitrogen and oxygen atoms in total. The highest BCUT2D eigenvalue weighted by molar-refractivity contribution is 7.26. The van der Waals surface area contributed by atoms with E-state index in [1.165, 1.54) is 7.05 Å². The van der Waals surface area contributed by atoms with Crippen molar-refractivity contribution in [1.82, 2.24) is 4.98 Å². The highest BCUT2D eigenvalue weighted by Gasteiger charge is 2.07. The normalized spacial score (nSPS) is 10.4. The summed E-state index contributed by atoms with van der Waals surface area (Å²) in [7, 11) is 0.237. The van der Waals surface area contributed by atoms with Crippen LogP contribution in [0.5, 0.6) is 0 Å². The largest absolute Gasteiger partial charge is 0.415 e. The van der Waals surface area contributed by atoms with E-state index < -0.39 is 15.1 Å². The number of aryl methyl sites for hydroxylation is 1. The molecule has 0 bridgehead atoms. The predicted octanol–water partition coefficient (Wildman–Crippen LogP) is 2.70. The summed E-state index contributed by atoms with van der Waals surface area (Å²) in [6.07, 6.45) is 2.64. The molecule has 0 fully saturated rings. The van der Waals surface area contributed by atoms with Gasteiger partial charge in [-0.2, -0.15) is 4.20 Å². The number of hydrogen-bond acceptors (Lipinski definition) is 3. The van der Waals surface area contributed by atoms with Crippen LogP contribution in [0.4, 0.5) is 4.20 Å². The first-order valence-electron chi connectivity index (χ1n) is 5.49. The van der Waals surface area contributed by atoms with Gasteiger partial charge in [-0.05, 0) is 25.1 Å². The number of aromatic amines is 1. The van der Waals surface area contributed by atoms with Gasteiger partial charge < -0.3 is 15.2 Å². The first-order valence-corrected chi connectivity index (χ1v) is 6.28. The van der Waals surface area contributed by atoms with Gasteiger partial charge in [-0.25, -0.2) is 0 Å². The first-order chi connectivity index (χ1) is 8.81. The minimum Gasteiger partial charge on any atom is -0.415 e. The van der Waals surface area contributed by atoms with Crippen molar-refractivity contribution in [1.29, 1.82) is 0 Å². The summed E-state index contributed by atoms with van der Waals surface area (Å²) in [5.41, 5.74) is 6.59. The molecule has 1 unspecified atom stereocenters. The summed E-state index contributed by atoms with van der Waals surface area (Å²) in [5.74, 6) is -0.494. The minimum atomic E-state index is -1.26. The van der Waals surface area contributed by atoms with Crippen LogP contribution >= 0.6 is 9.12 Å². The molecule has 98 valence electrons. The third-order valence-electron chi connectivity index (χ3n) is 2.43. The Balaban J connectivity index is 0.000000771. The number of halogens is 1. The third kappa shape index (κ3) is 3.79. The van der Waals surface area contributed by atoms with Gasteiger partial charge in [-0.15, -0.1) is 0 Å². The van der Waals surface area contributed by atoms with Gasteiger partial charge in [0.1, 0.15) is 0 Å². The molecule has 2 rings (SSSR count). The van der Waals surface area contributed by atoms with Crippen molar-refractivity contribution in [3.63, 3.8) is 0 Å². The van der Waals surface area contributed by atoms with E-state index in [9.17, 15) is 8.99 Å². The Kier molecular flexibility index (Phi) is 6.33. The van der Waals surface area contributed by atoms with Crippen molar-refractivity contribution in [2.45, 2.75) is 12.8 Å². The molecule has 0 aliphatic heterocycles. The van der Waals surface area contributed by atoms with Gasteiger partial charge >= 0.3 is 5.97 Å². The lowest BCUT2D eigenvalue weighted by Gasteiger charge is -1.99. The van der Waals surface area contributed by atoms with Gasteiger partial charge in [0.15, 0.2) is 0 Å². The number of benzene rings is 1. The number of nitrogens with one attached hydrogen (secondary N) is 1. The minimum absolute atomic E-state index is 0.207. The van der Waals surface area contributed by atoms with Crippen LogP contribution in [0.2, 0.25) is 0 Å². The van der Waals surface area contributed by atoms with Crippen molar-refractivity contribution in [3.05, 3.63) is 36.0 Å². The maximum atomic E-state index is 11.7.